The van der Waals surface area contributed by atoms with Crippen LogP contribution >= 0.6 is 23.1 Å². The summed E-state index contributed by atoms with van der Waals surface area (Å²) in [6.07, 6.45) is 1.75. The molecule has 1 aliphatic heterocycles. The van der Waals surface area contributed by atoms with Gasteiger partial charge in [-0.05, 0) is 6.26 Å². The fourth-order valence-corrected chi connectivity index (χ4v) is 4.79. The van der Waals surface area contributed by atoms with Crippen LogP contribution in [0.15, 0.2) is 15.2 Å². The molecule has 18 heavy (non-hydrogen) atoms. The van der Waals surface area contributed by atoms with Crippen molar-refractivity contribution in [3.05, 3.63) is 10.3 Å². The number of esters is 1. The van der Waals surface area contributed by atoms with Gasteiger partial charge in [-0.2, -0.15) is 0 Å². The summed E-state index contributed by atoms with van der Waals surface area (Å²) in [5, 5.41) is 6.69. The van der Waals surface area contributed by atoms with Gasteiger partial charge in [-0.3, -0.25) is 0 Å². The monoisotopic (exact) mass is 309 g/mol. The molecular weight excluding hydrogens is 298 g/mol. The molecule has 0 radical (unpaired) electrons. The average molecular weight is 309 g/mol. The van der Waals surface area contributed by atoms with Crippen LogP contribution in [0, 0.1) is 0 Å². The zero-order chi connectivity index (χ0) is 13.3. The van der Waals surface area contributed by atoms with E-state index < -0.39 is 22.3 Å². The van der Waals surface area contributed by atoms with Crippen molar-refractivity contribution >= 4 is 39.1 Å². The predicted octanol–water partition coefficient (Wildman–Crippen LogP) is 1.02. The Morgan fingerprint density at radius 3 is 2.78 bits per heavy atom. The minimum absolute atomic E-state index is 0.00245. The van der Waals surface area contributed by atoms with Crippen molar-refractivity contribution in [2.75, 3.05) is 12.9 Å². The molecule has 1 fully saturated rings. The van der Waals surface area contributed by atoms with E-state index in [9.17, 15) is 13.2 Å². The first kappa shape index (κ1) is 13.8. The van der Waals surface area contributed by atoms with Gasteiger partial charge in [0.2, 0.25) is 16.3 Å². The van der Waals surface area contributed by atoms with Crippen LogP contribution in [-0.2, 0) is 19.5 Å². The molecule has 0 bridgehead atoms. The van der Waals surface area contributed by atoms with E-state index >= 15 is 0 Å². The molecule has 2 rings (SSSR count). The predicted molar refractivity (Wildman–Crippen MR) is 67.2 cm³/mol. The first-order valence-electron chi connectivity index (χ1n) is 4.94. The summed E-state index contributed by atoms with van der Waals surface area (Å²) in [4.78, 5) is 12.1. The van der Waals surface area contributed by atoms with E-state index in [2.05, 4.69) is 0 Å². The summed E-state index contributed by atoms with van der Waals surface area (Å²) in [6, 6.07) is 0. The van der Waals surface area contributed by atoms with Crippen LogP contribution in [0.4, 0.5) is 0 Å². The first-order valence-corrected chi connectivity index (χ1v) is 8.59. The average Bonchev–Trinajstić information content (AvgIpc) is 2.66. The summed E-state index contributed by atoms with van der Waals surface area (Å²) >= 11 is 2.21. The van der Waals surface area contributed by atoms with Gasteiger partial charge in [0, 0.05) is 16.7 Å². The van der Waals surface area contributed by atoms with Crippen LogP contribution in [-0.4, -0.2) is 33.5 Å². The second kappa shape index (κ2) is 5.17. The minimum atomic E-state index is -3.95. The number of carbonyl (C=O) groups is 1. The van der Waals surface area contributed by atoms with Crippen molar-refractivity contribution in [1.82, 2.24) is 0 Å². The molecule has 0 saturated carbocycles. The van der Waals surface area contributed by atoms with E-state index in [-0.39, 0.29) is 9.77 Å². The van der Waals surface area contributed by atoms with Crippen molar-refractivity contribution in [3.8, 4) is 0 Å². The highest BCUT2D eigenvalue weighted by Crippen LogP contribution is 2.33. The standard InChI is InChI=1S/C9H11NO5S3/c1-16-5-4-17-7(8(5)18(10,12)13)9(11)15-6-2-3-14-6/h4,6H,2-3H2,1H3,(H2,10,12,13). The molecule has 2 N–H and O–H groups in total. The highest BCUT2D eigenvalue weighted by molar-refractivity contribution is 7.99. The number of thiophene rings is 1. The molecule has 9 heteroatoms. The number of hydrogen-bond acceptors (Lipinski definition) is 7. The molecule has 6 nitrogen and oxygen atoms in total. The lowest BCUT2D eigenvalue weighted by atomic mass is 10.3. The second-order valence-corrected chi connectivity index (χ2v) is 6.73. The molecule has 1 aromatic rings. The van der Waals surface area contributed by atoms with Gasteiger partial charge in [0.15, 0.2) is 0 Å². The highest BCUT2D eigenvalue weighted by Gasteiger charge is 2.30. The number of nitrogens with two attached hydrogens (primary N) is 1. The van der Waals surface area contributed by atoms with Crippen LogP contribution in [0.2, 0.25) is 0 Å². The van der Waals surface area contributed by atoms with E-state index in [4.69, 9.17) is 14.6 Å². The van der Waals surface area contributed by atoms with E-state index in [1.807, 2.05) is 0 Å². The van der Waals surface area contributed by atoms with Crippen LogP contribution in [0.1, 0.15) is 16.1 Å². The molecular formula is C9H11NO5S3. The number of sulfonamides is 1. The molecule has 1 unspecified atom stereocenters. The van der Waals surface area contributed by atoms with Crippen LogP contribution in [0.25, 0.3) is 0 Å². The Labute approximate surface area is 113 Å². The number of ether oxygens (including phenoxy) is 2. The van der Waals surface area contributed by atoms with Gasteiger partial charge in [0.1, 0.15) is 9.77 Å². The van der Waals surface area contributed by atoms with Crippen molar-refractivity contribution in [3.63, 3.8) is 0 Å². The number of primary sulfonamides is 1. The third kappa shape index (κ3) is 2.69. The van der Waals surface area contributed by atoms with E-state index in [1.54, 1.807) is 11.6 Å². The Morgan fingerprint density at radius 2 is 2.33 bits per heavy atom. The fourth-order valence-electron chi connectivity index (χ4n) is 1.36. The molecule has 1 saturated heterocycles. The summed E-state index contributed by atoms with van der Waals surface area (Å²) < 4.78 is 32.9. The van der Waals surface area contributed by atoms with Crippen molar-refractivity contribution in [1.29, 1.82) is 0 Å². The molecule has 2 heterocycles. The van der Waals surface area contributed by atoms with Crippen LogP contribution in [0.5, 0.6) is 0 Å². The second-order valence-electron chi connectivity index (χ2n) is 3.50. The Kier molecular flexibility index (Phi) is 3.97. The minimum Gasteiger partial charge on any atom is -0.431 e. The third-order valence-corrected chi connectivity index (χ3v) is 5.42. The maximum absolute atomic E-state index is 11.8. The first-order chi connectivity index (χ1) is 8.43. The normalized spacial score (nSPS) is 19.3. The zero-order valence-electron chi connectivity index (χ0n) is 9.41. The highest BCUT2D eigenvalue weighted by atomic mass is 32.2. The maximum atomic E-state index is 11.8. The lowest BCUT2D eigenvalue weighted by Crippen LogP contribution is -2.32. The Balaban J connectivity index is 2.32. The van der Waals surface area contributed by atoms with Gasteiger partial charge in [-0.25, -0.2) is 18.4 Å². The van der Waals surface area contributed by atoms with Crippen molar-refractivity contribution in [2.45, 2.75) is 22.5 Å². The van der Waals surface area contributed by atoms with Crippen LogP contribution in [0.3, 0.4) is 0 Å². The molecule has 1 aliphatic rings. The molecule has 100 valence electrons. The topological polar surface area (TPSA) is 95.7 Å². The van der Waals surface area contributed by atoms with E-state index in [0.717, 1.165) is 11.3 Å². The summed E-state index contributed by atoms with van der Waals surface area (Å²) in [6.45, 7) is 0.542. The zero-order valence-corrected chi connectivity index (χ0v) is 11.9. The Bertz CT molecular complexity index is 561. The fraction of sp³-hybridized carbons (Fsp3) is 0.444. The van der Waals surface area contributed by atoms with Crippen LogP contribution < -0.4 is 5.14 Å². The summed E-state index contributed by atoms with van der Waals surface area (Å²) in [7, 11) is -3.95. The molecule has 1 atom stereocenters. The quantitative estimate of drug-likeness (QED) is 0.659. The summed E-state index contributed by atoms with van der Waals surface area (Å²) in [5.74, 6) is -0.714. The number of thioether (sulfide) groups is 1. The van der Waals surface area contributed by atoms with Gasteiger partial charge in [0.25, 0.3) is 0 Å². The van der Waals surface area contributed by atoms with Gasteiger partial charge in [-0.1, -0.05) is 0 Å². The maximum Gasteiger partial charge on any atom is 0.352 e. The lowest BCUT2D eigenvalue weighted by molar-refractivity contribution is -0.184. The van der Waals surface area contributed by atoms with Gasteiger partial charge in [0.05, 0.1) is 6.61 Å². The Hall–Kier alpha value is -0.610. The Morgan fingerprint density at radius 1 is 1.67 bits per heavy atom. The number of rotatable bonds is 4. The smallest absolute Gasteiger partial charge is 0.352 e. The lowest BCUT2D eigenvalue weighted by Gasteiger charge is -2.25. The molecule has 0 aliphatic carbocycles. The van der Waals surface area contributed by atoms with Crippen molar-refractivity contribution in [2.24, 2.45) is 5.14 Å². The van der Waals surface area contributed by atoms with E-state index in [0.29, 0.717) is 17.9 Å². The molecule has 0 spiro atoms. The van der Waals surface area contributed by atoms with Gasteiger partial charge < -0.3 is 9.47 Å². The molecule has 0 aromatic carbocycles. The molecule has 0 amide bonds. The molecule has 1 aromatic heterocycles. The largest absolute Gasteiger partial charge is 0.431 e. The summed E-state index contributed by atoms with van der Waals surface area (Å²) in [5.41, 5.74) is 0. The number of carbonyl (C=O) groups excluding carboxylic acids is 1. The van der Waals surface area contributed by atoms with E-state index in [1.165, 1.54) is 11.8 Å². The third-order valence-electron chi connectivity index (χ3n) is 2.30. The van der Waals surface area contributed by atoms with Gasteiger partial charge >= 0.3 is 5.97 Å². The van der Waals surface area contributed by atoms with Gasteiger partial charge in [-0.15, -0.1) is 23.1 Å². The van der Waals surface area contributed by atoms with Crippen molar-refractivity contribution < 1.29 is 22.7 Å². The number of hydrogen-bond donors (Lipinski definition) is 1. The SMILES string of the molecule is CSc1csc(C(=O)OC2CCO2)c1S(N)(=O)=O.